The lowest BCUT2D eigenvalue weighted by Gasteiger charge is -2.32. The van der Waals surface area contributed by atoms with Gasteiger partial charge in [-0.3, -0.25) is 9.88 Å². The van der Waals surface area contributed by atoms with Crippen molar-refractivity contribution in [3.05, 3.63) is 76.9 Å². The molecular formula is C30H28ClF3N8O3. The first-order valence-electron chi connectivity index (χ1n) is 14.6. The molecule has 0 N–H and O–H groups in total. The van der Waals surface area contributed by atoms with E-state index in [0.29, 0.717) is 41.8 Å². The van der Waals surface area contributed by atoms with Crippen LogP contribution in [0.25, 0.3) is 22.6 Å². The minimum Gasteiger partial charge on any atom is -0.474 e. The van der Waals surface area contributed by atoms with E-state index in [1.165, 1.54) is 0 Å². The van der Waals surface area contributed by atoms with Crippen LogP contribution in [0.4, 0.5) is 13.2 Å². The number of piperidine rings is 1. The molecule has 7 rings (SSSR count). The number of hydrogen-bond acceptors (Lipinski definition) is 10. The molecule has 1 unspecified atom stereocenters. The first kappa shape index (κ1) is 29.6. The van der Waals surface area contributed by atoms with Crippen molar-refractivity contribution in [3.63, 3.8) is 0 Å². The zero-order valence-corrected chi connectivity index (χ0v) is 24.7. The van der Waals surface area contributed by atoms with E-state index in [1.807, 2.05) is 24.3 Å². The summed E-state index contributed by atoms with van der Waals surface area (Å²) < 4.78 is 57.3. The van der Waals surface area contributed by atoms with Crippen LogP contribution < -0.4 is 4.74 Å². The van der Waals surface area contributed by atoms with Crippen LogP contribution in [0.2, 0.25) is 5.02 Å². The van der Waals surface area contributed by atoms with Gasteiger partial charge in [-0.1, -0.05) is 28.9 Å². The lowest BCUT2D eigenvalue weighted by atomic mass is 10.1. The first-order valence-corrected chi connectivity index (χ1v) is 15.0. The molecule has 2 saturated heterocycles. The molecule has 4 aromatic heterocycles. The van der Waals surface area contributed by atoms with Gasteiger partial charge in [0.05, 0.1) is 36.4 Å². The van der Waals surface area contributed by atoms with Gasteiger partial charge in [0, 0.05) is 43.4 Å². The zero-order chi connectivity index (χ0) is 31.0. The number of alkyl halides is 3. The van der Waals surface area contributed by atoms with E-state index in [0.717, 1.165) is 55.9 Å². The largest absolute Gasteiger partial charge is 0.474 e. The molecule has 1 atom stereocenters. The Balaban J connectivity index is 1.02. The number of fused-ring (bicyclic) bond motifs is 1. The van der Waals surface area contributed by atoms with E-state index in [-0.39, 0.29) is 23.7 Å². The third-order valence-electron chi connectivity index (χ3n) is 7.93. The molecule has 2 aliphatic rings. The number of hydrogen-bond donors (Lipinski definition) is 0. The minimum absolute atomic E-state index is 0.0185. The van der Waals surface area contributed by atoms with E-state index < -0.39 is 12.1 Å². The van der Waals surface area contributed by atoms with Gasteiger partial charge in [-0.15, -0.1) is 0 Å². The molecule has 1 aromatic carbocycles. The number of imidazole rings is 1. The van der Waals surface area contributed by atoms with Crippen LogP contribution >= 0.6 is 11.6 Å². The molecule has 0 amide bonds. The Bertz CT molecular complexity index is 1780. The van der Waals surface area contributed by atoms with Gasteiger partial charge in [-0.05, 0) is 43.0 Å². The number of nitrogens with zero attached hydrogens (tertiary/aromatic N) is 8. The molecule has 0 aliphatic carbocycles. The highest BCUT2D eigenvalue weighted by Gasteiger charge is 2.38. The van der Waals surface area contributed by atoms with Gasteiger partial charge < -0.3 is 18.6 Å². The van der Waals surface area contributed by atoms with E-state index in [9.17, 15) is 13.2 Å². The molecule has 2 aliphatic heterocycles. The molecule has 0 radical (unpaired) electrons. The van der Waals surface area contributed by atoms with Gasteiger partial charge in [0.15, 0.2) is 0 Å². The molecule has 0 bridgehead atoms. The van der Waals surface area contributed by atoms with Crippen LogP contribution in [-0.4, -0.2) is 71.4 Å². The summed E-state index contributed by atoms with van der Waals surface area (Å²) in [5.41, 5.74) is 2.57. The normalized spacial score (nSPS) is 17.9. The average Bonchev–Trinajstić information content (AvgIpc) is 3.63. The fraction of sp³-hybridized carbons (Fsp3) is 0.400. The van der Waals surface area contributed by atoms with Crippen LogP contribution in [0, 0.1) is 0 Å². The molecule has 5 aromatic rings. The number of likely N-dealkylation sites (tertiary alicyclic amines) is 1. The van der Waals surface area contributed by atoms with Gasteiger partial charge in [0.25, 0.3) is 0 Å². The van der Waals surface area contributed by atoms with E-state index in [2.05, 4.69) is 39.1 Å². The van der Waals surface area contributed by atoms with Crippen molar-refractivity contribution in [1.82, 2.24) is 39.5 Å². The maximum absolute atomic E-state index is 13.0. The summed E-state index contributed by atoms with van der Waals surface area (Å²) >= 11 is 5.99. The highest BCUT2D eigenvalue weighted by Crippen LogP contribution is 2.30. The van der Waals surface area contributed by atoms with Gasteiger partial charge in [-0.2, -0.15) is 23.1 Å². The Hall–Kier alpha value is -4.14. The number of halogens is 4. The minimum atomic E-state index is -4.74. The summed E-state index contributed by atoms with van der Waals surface area (Å²) in [5, 5.41) is 4.15. The Kier molecular flexibility index (Phi) is 8.10. The standard InChI is InChI=1S/C30H28ClF3N8O3/c31-19-3-1-18(2-4-19)13-25-35-9-5-27(38-25)44-20-6-10-41(11-7-20)17-26-37-22-14-23(28-39-29(45-40-28)30(32,33)34)36-15-24(22)42(26)16-21-8-12-43-21/h1-5,9,14-15,20-21H,6-8,10-13,16-17H2. The molecule has 0 spiro atoms. The van der Waals surface area contributed by atoms with Crippen LogP contribution in [0.3, 0.4) is 0 Å². The summed E-state index contributed by atoms with van der Waals surface area (Å²) in [5.74, 6) is 0.399. The molecular weight excluding hydrogens is 613 g/mol. The topological polar surface area (TPSA) is 117 Å². The molecule has 234 valence electrons. The van der Waals surface area contributed by atoms with Gasteiger partial charge in [-0.25, -0.2) is 9.97 Å². The van der Waals surface area contributed by atoms with Crippen LogP contribution in [0.5, 0.6) is 5.88 Å². The van der Waals surface area contributed by atoms with E-state index in [4.69, 9.17) is 26.1 Å². The lowest BCUT2D eigenvalue weighted by Crippen LogP contribution is -2.39. The maximum Gasteiger partial charge on any atom is 0.471 e. The molecule has 11 nitrogen and oxygen atoms in total. The predicted molar refractivity (Wildman–Crippen MR) is 155 cm³/mol. The summed E-state index contributed by atoms with van der Waals surface area (Å²) in [4.78, 5) is 24.0. The summed E-state index contributed by atoms with van der Waals surface area (Å²) in [7, 11) is 0. The Labute approximate surface area is 260 Å². The second kappa shape index (κ2) is 12.3. The van der Waals surface area contributed by atoms with E-state index in [1.54, 1.807) is 24.5 Å². The number of ether oxygens (including phenoxy) is 2. The average molecular weight is 641 g/mol. The van der Waals surface area contributed by atoms with Crippen LogP contribution in [0.1, 0.15) is 42.4 Å². The Morgan fingerprint density at radius 2 is 1.80 bits per heavy atom. The Morgan fingerprint density at radius 1 is 1.00 bits per heavy atom. The number of benzene rings is 1. The van der Waals surface area contributed by atoms with Gasteiger partial charge >= 0.3 is 12.1 Å². The third-order valence-corrected chi connectivity index (χ3v) is 8.19. The second-order valence-corrected chi connectivity index (χ2v) is 11.5. The van der Waals surface area contributed by atoms with Crippen molar-refractivity contribution in [2.75, 3.05) is 19.7 Å². The number of pyridine rings is 1. The van der Waals surface area contributed by atoms with Crippen molar-refractivity contribution >= 4 is 22.6 Å². The molecule has 45 heavy (non-hydrogen) atoms. The molecule has 15 heteroatoms. The monoisotopic (exact) mass is 640 g/mol. The molecule has 2 fully saturated rings. The highest BCUT2D eigenvalue weighted by atomic mass is 35.5. The van der Waals surface area contributed by atoms with Gasteiger partial charge in [0.2, 0.25) is 11.7 Å². The molecule has 6 heterocycles. The maximum atomic E-state index is 13.0. The smallest absolute Gasteiger partial charge is 0.471 e. The summed E-state index contributed by atoms with van der Waals surface area (Å²) in [6, 6.07) is 11.0. The number of rotatable bonds is 9. The van der Waals surface area contributed by atoms with Crippen molar-refractivity contribution in [2.24, 2.45) is 0 Å². The first-order chi connectivity index (χ1) is 21.8. The zero-order valence-electron chi connectivity index (χ0n) is 24.0. The van der Waals surface area contributed by atoms with Crippen molar-refractivity contribution < 1.29 is 27.2 Å². The van der Waals surface area contributed by atoms with Crippen molar-refractivity contribution in [3.8, 4) is 17.4 Å². The van der Waals surface area contributed by atoms with Crippen molar-refractivity contribution in [1.29, 1.82) is 0 Å². The fourth-order valence-corrected chi connectivity index (χ4v) is 5.59. The highest BCUT2D eigenvalue weighted by molar-refractivity contribution is 6.30. The fourth-order valence-electron chi connectivity index (χ4n) is 5.47. The summed E-state index contributed by atoms with van der Waals surface area (Å²) in [6.45, 7) is 3.50. The summed E-state index contributed by atoms with van der Waals surface area (Å²) in [6.07, 6.45) is 1.82. The van der Waals surface area contributed by atoms with Gasteiger partial charge in [0.1, 0.15) is 23.4 Å². The predicted octanol–water partition coefficient (Wildman–Crippen LogP) is 5.37. The third kappa shape index (κ3) is 6.77. The molecule has 0 saturated carbocycles. The van der Waals surface area contributed by atoms with E-state index >= 15 is 0 Å². The van der Waals surface area contributed by atoms with Crippen LogP contribution in [0.15, 0.2) is 53.3 Å². The quantitative estimate of drug-likeness (QED) is 0.208. The van der Waals surface area contributed by atoms with Crippen LogP contribution in [-0.2, 0) is 30.4 Å². The second-order valence-electron chi connectivity index (χ2n) is 11.1. The Morgan fingerprint density at radius 3 is 2.51 bits per heavy atom. The lowest BCUT2D eigenvalue weighted by molar-refractivity contribution is -0.159. The van der Waals surface area contributed by atoms with Crippen molar-refractivity contribution in [2.45, 2.75) is 57.2 Å². The number of aromatic nitrogens is 7. The SMILES string of the molecule is FC(F)(F)c1nc(-c2cc3nc(CN4CCC(Oc5ccnc(Cc6ccc(Cl)cc6)n5)CC4)n(CC4CCO4)c3cn2)no1.